The molecule has 3 N–H and O–H groups in total. The normalized spacial score (nSPS) is 14.7. The molecule has 5 atom stereocenters. The highest BCUT2D eigenvalue weighted by atomic mass is 31.2. The summed E-state index contributed by atoms with van der Waals surface area (Å²) in [5.74, 6) is -2.28. The van der Waals surface area contributed by atoms with Gasteiger partial charge in [0.05, 0.1) is 26.4 Å². The predicted octanol–water partition coefficient (Wildman–Crippen LogP) is 24.6. The maximum atomic E-state index is 13.1. The fraction of sp³-hybridized carbons (Fsp3) is 0.640. The Morgan fingerprint density at radius 1 is 0.269 bits per heavy atom. The summed E-state index contributed by atoms with van der Waals surface area (Å²) in [4.78, 5) is 73.2. The van der Waals surface area contributed by atoms with E-state index in [2.05, 4.69) is 198 Å². The second kappa shape index (κ2) is 79.5. The minimum atomic E-state index is -5.00. The summed E-state index contributed by atoms with van der Waals surface area (Å²) in [6.07, 6.45) is 94.6. The molecule has 5 unspecified atom stereocenters. The molecular formula is C89H146O17P2. The molecule has 0 fully saturated rings. The van der Waals surface area contributed by atoms with Crippen molar-refractivity contribution in [1.29, 1.82) is 0 Å². The van der Waals surface area contributed by atoms with Crippen LogP contribution in [0.2, 0.25) is 0 Å². The number of ether oxygens (including phenoxy) is 4. The van der Waals surface area contributed by atoms with Crippen LogP contribution in [0.5, 0.6) is 0 Å². The monoisotopic (exact) mass is 1550 g/mol. The Hall–Kier alpha value is -5.58. The number of esters is 4. The third kappa shape index (κ3) is 78.5. The Morgan fingerprint density at radius 2 is 0.481 bits per heavy atom. The summed E-state index contributed by atoms with van der Waals surface area (Å²) in [5.41, 5.74) is 0. The lowest BCUT2D eigenvalue weighted by Gasteiger charge is -2.21. The molecule has 0 spiro atoms. The highest BCUT2D eigenvalue weighted by Crippen LogP contribution is 2.45. The first kappa shape index (κ1) is 102. The number of phosphoric ester groups is 2. The minimum absolute atomic E-state index is 0.0525. The number of aliphatic hydroxyl groups is 1. The smallest absolute Gasteiger partial charge is 0.462 e. The summed E-state index contributed by atoms with van der Waals surface area (Å²) >= 11 is 0. The summed E-state index contributed by atoms with van der Waals surface area (Å²) in [6, 6.07) is 0. The molecule has 0 radical (unpaired) electrons. The molecule has 0 heterocycles. The highest BCUT2D eigenvalue weighted by Gasteiger charge is 2.30. The molecule has 0 amide bonds. The van der Waals surface area contributed by atoms with Crippen molar-refractivity contribution in [3.05, 3.63) is 170 Å². The van der Waals surface area contributed by atoms with Crippen molar-refractivity contribution in [3.63, 3.8) is 0 Å². The molecule has 0 rings (SSSR count). The molecule has 0 aromatic rings. The first-order valence-electron chi connectivity index (χ1n) is 41.4. The molecule has 0 bridgehead atoms. The van der Waals surface area contributed by atoms with Gasteiger partial charge in [-0.25, -0.2) is 9.13 Å². The van der Waals surface area contributed by atoms with Crippen LogP contribution >= 0.6 is 15.6 Å². The van der Waals surface area contributed by atoms with Gasteiger partial charge in [0.1, 0.15) is 19.3 Å². The van der Waals surface area contributed by atoms with Crippen LogP contribution < -0.4 is 0 Å². The van der Waals surface area contributed by atoms with Crippen molar-refractivity contribution >= 4 is 39.5 Å². The zero-order valence-electron chi connectivity index (χ0n) is 67.2. The molecule has 0 aromatic heterocycles. The lowest BCUT2D eigenvalue weighted by atomic mass is 10.1. The summed E-state index contributed by atoms with van der Waals surface area (Å²) in [5, 5.41) is 10.7. The topological polar surface area (TPSA) is 237 Å². The quantitative estimate of drug-likeness (QED) is 0.0169. The maximum Gasteiger partial charge on any atom is 0.472 e. The van der Waals surface area contributed by atoms with Crippen LogP contribution in [0, 0.1) is 0 Å². The van der Waals surface area contributed by atoms with E-state index in [4.69, 9.17) is 37.0 Å². The zero-order chi connectivity index (χ0) is 78.9. The van der Waals surface area contributed by atoms with Gasteiger partial charge < -0.3 is 33.8 Å². The third-order valence-corrected chi connectivity index (χ3v) is 18.6. The second-order valence-corrected chi connectivity index (χ2v) is 29.8. The first-order chi connectivity index (χ1) is 52.7. The fourth-order valence-electron chi connectivity index (χ4n) is 10.5. The molecule has 0 saturated heterocycles. The number of carbonyl (C=O) groups is 4. The largest absolute Gasteiger partial charge is 0.472 e. The van der Waals surface area contributed by atoms with Crippen molar-refractivity contribution in [1.82, 2.24) is 0 Å². The number of hydrogen-bond donors (Lipinski definition) is 3. The van der Waals surface area contributed by atoms with Crippen LogP contribution in [0.1, 0.15) is 310 Å². The average Bonchev–Trinajstić information content (AvgIpc) is 0.906. The second-order valence-electron chi connectivity index (χ2n) is 26.9. The predicted molar refractivity (Wildman–Crippen MR) is 445 cm³/mol. The van der Waals surface area contributed by atoms with Gasteiger partial charge >= 0.3 is 39.5 Å². The number of unbranched alkanes of at least 4 members (excludes halogenated alkanes) is 22. The van der Waals surface area contributed by atoms with E-state index in [-0.39, 0.29) is 25.7 Å². The van der Waals surface area contributed by atoms with E-state index in [9.17, 15) is 43.2 Å². The van der Waals surface area contributed by atoms with Crippen molar-refractivity contribution < 1.29 is 80.2 Å². The molecule has 0 saturated carbocycles. The molecule has 0 aliphatic rings. The lowest BCUT2D eigenvalue weighted by molar-refractivity contribution is -0.161. The Kier molecular flexibility index (Phi) is 75.4. The van der Waals surface area contributed by atoms with E-state index in [0.29, 0.717) is 25.7 Å². The molecular weight excluding hydrogens is 1400 g/mol. The van der Waals surface area contributed by atoms with Gasteiger partial charge in [0.25, 0.3) is 0 Å². The van der Waals surface area contributed by atoms with Gasteiger partial charge in [-0.2, -0.15) is 0 Å². The molecule has 17 nitrogen and oxygen atoms in total. The zero-order valence-corrected chi connectivity index (χ0v) is 69.0. The Balaban J connectivity index is 5.47. The molecule has 108 heavy (non-hydrogen) atoms. The van der Waals surface area contributed by atoms with Gasteiger partial charge in [0, 0.05) is 25.7 Å². The number of carbonyl (C=O) groups excluding carboxylic acids is 4. The number of aliphatic hydroxyl groups excluding tert-OH is 1. The van der Waals surface area contributed by atoms with Crippen molar-refractivity contribution in [2.75, 3.05) is 39.6 Å². The van der Waals surface area contributed by atoms with E-state index < -0.39 is 97.5 Å². The van der Waals surface area contributed by atoms with E-state index in [1.807, 2.05) is 0 Å². The number of phosphoric acid groups is 2. The average molecular weight is 1550 g/mol. The molecule has 614 valence electrons. The molecule has 0 aliphatic carbocycles. The van der Waals surface area contributed by atoms with Gasteiger partial charge in [-0.15, -0.1) is 0 Å². The minimum Gasteiger partial charge on any atom is -0.462 e. The van der Waals surface area contributed by atoms with E-state index >= 15 is 0 Å². The Morgan fingerprint density at radius 3 is 0.759 bits per heavy atom. The van der Waals surface area contributed by atoms with Gasteiger partial charge in [0.2, 0.25) is 0 Å². The summed E-state index contributed by atoms with van der Waals surface area (Å²) in [6.45, 7) is 4.43. The van der Waals surface area contributed by atoms with Crippen LogP contribution in [0.15, 0.2) is 170 Å². The van der Waals surface area contributed by atoms with Gasteiger partial charge in [-0.1, -0.05) is 281 Å². The summed E-state index contributed by atoms with van der Waals surface area (Å²) < 4.78 is 68.7. The van der Waals surface area contributed by atoms with Crippen molar-refractivity contribution in [2.45, 2.75) is 329 Å². The third-order valence-electron chi connectivity index (χ3n) is 16.7. The van der Waals surface area contributed by atoms with Crippen LogP contribution in [-0.4, -0.2) is 96.7 Å². The van der Waals surface area contributed by atoms with Crippen LogP contribution in [0.25, 0.3) is 0 Å². The maximum absolute atomic E-state index is 13.1. The highest BCUT2D eigenvalue weighted by molar-refractivity contribution is 7.47. The standard InChI is InChI=1S/C89H146O17P2/c1-5-9-13-17-21-25-29-33-37-40-41-44-47-50-54-58-62-66-70-74-87(92)100-80-85(106-89(94)76-72-68-64-60-56-52-48-43-39-35-31-27-23-19-15-11-7-3)82-104-108(97,98)102-78-83(90)77-101-107(95,96)103-81-84(105-88(93)75-71-67-63-59-55-51-45-36-32-28-24-20-16-12-8-4)79-99-86(91)73-69-65-61-57-53-49-46-42-38-34-30-26-22-18-14-10-6-2/h9-11,13-15,21-23,25-27,33-39,41,44-46,48-50,52,54,83-85,90H,5-8,12,16-20,24,28-32,40,42-43,47,51,53,55-82H2,1-4H3,(H,95,96)(H,97,98)/b13-9-,14-10-,15-11-,25-21-,26-22-,27-23-,37-33-,38-34-,39-35-,44-41-,45-36-,49-46-,52-48-,54-50-. The lowest BCUT2D eigenvalue weighted by Crippen LogP contribution is -2.30. The first-order valence-corrected chi connectivity index (χ1v) is 44.4. The van der Waals surface area contributed by atoms with Gasteiger partial charge in [0.15, 0.2) is 12.2 Å². The van der Waals surface area contributed by atoms with Gasteiger partial charge in [-0.05, 0) is 173 Å². The van der Waals surface area contributed by atoms with Crippen LogP contribution in [0.3, 0.4) is 0 Å². The van der Waals surface area contributed by atoms with Crippen molar-refractivity contribution in [3.8, 4) is 0 Å². The Labute approximate surface area is 654 Å². The van der Waals surface area contributed by atoms with Crippen LogP contribution in [0.4, 0.5) is 0 Å². The van der Waals surface area contributed by atoms with Crippen molar-refractivity contribution in [2.24, 2.45) is 0 Å². The van der Waals surface area contributed by atoms with Gasteiger partial charge in [-0.3, -0.25) is 37.3 Å². The van der Waals surface area contributed by atoms with E-state index in [0.717, 1.165) is 193 Å². The Bertz CT molecular complexity index is 2710. The fourth-order valence-corrected chi connectivity index (χ4v) is 12.0. The number of hydrogen-bond acceptors (Lipinski definition) is 15. The SMILES string of the molecule is CC/C=C\C/C=C\C/C=C\C/C=C\C/C=C\CCCCCC(=O)OCC(COP(=O)(O)OCC(O)COP(=O)(O)OCC(COC(=O)CCCCCC/C=C\C/C=C\C/C=C\C/C=C\CC)OC(=O)CCCCCCC/C=C\CCCCCCCC)OC(=O)CCCCCC/C=C\C/C=C\C/C=C\C/C=C\CC. The van der Waals surface area contributed by atoms with Crippen LogP contribution in [-0.2, 0) is 65.4 Å². The number of rotatable bonds is 76. The van der Waals surface area contributed by atoms with E-state index in [1.54, 1.807) is 0 Å². The number of allylic oxidation sites excluding steroid dienone is 28. The molecule has 19 heteroatoms. The van der Waals surface area contributed by atoms with E-state index in [1.165, 1.54) is 38.5 Å². The molecule has 0 aromatic carbocycles. The summed E-state index contributed by atoms with van der Waals surface area (Å²) in [7, 11) is -10.0. The molecule has 0 aliphatic heterocycles.